The van der Waals surface area contributed by atoms with Gasteiger partial charge in [-0.1, -0.05) is 18.2 Å². The van der Waals surface area contributed by atoms with Crippen LogP contribution in [0.4, 0.5) is 5.69 Å². The van der Waals surface area contributed by atoms with Crippen molar-refractivity contribution in [1.82, 2.24) is 10.3 Å². The van der Waals surface area contributed by atoms with Gasteiger partial charge in [0.1, 0.15) is 0 Å². The lowest BCUT2D eigenvalue weighted by Crippen LogP contribution is -2.41. The molecule has 1 fully saturated rings. The molecular weight excluding hydrogens is 424 g/mol. The average molecular weight is 463 g/mol. The van der Waals surface area contributed by atoms with Crippen molar-refractivity contribution in [3.8, 4) is 5.88 Å². The van der Waals surface area contributed by atoms with Gasteiger partial charge in [0.15, 0.2) is 0 Å². The molecule has 1 aromatic heterocycles. The highest BCUT2D eigenvalue weighted by Crippen LogP contribution is 2.32. The van der Waals surface area contributed by atoms with E-state index in [-0.39, 0.29) is 5.91 Å². The lowest BCUT2D eigenvalue weighted by Gasteiger charge is -2.38. The number of nitrogens with one attached hydrogen (secondary N) is 1. The van der Waals surface area contributed by atoms with Crippen molar-refractivity contribution in [3.63, 3.8) is 0 Å². The maximum atomic E-state index is 13.4. The minimum absolute atomic E-state index is 0.0545. The summed E-state index contributed by atoms with van der Waals surface area (Å²) >= 11 is 0. The molecule has 2 aliphatic rings. The Kier molecular flexibility index (Phi) is 7.88. The lowest BCUT2D eigenvalue weighted by molar-refractivity contribution is 0.0949. The van der Waals surface area contributed by atoms with Crippen LogP contribution in [0.3, 0.4) is 0 Å². The third-order valence-electron chi connectivity index (χ3n) is 7.22. The summed E-state index contributed by atoms with van der Waals surface area (Å²) in [5.74, 6) is 0.541. The summed E-state index contributed by atoms with van der Waals surface area (Å²) in [5, 5.41) is 3.16. The van der Waals surface area contributed by atoms with Gasteiger partial charge in [0.25, 0.3) is 5.91 Å². The number of carbonyl (C=O) groups is 1. The minimum Gasteiger partial charge on any atom is -0.481 e. The number of benzene rings is 1. The molecule has 0 spiro atoms. The van der Waals surface area contributed by atoms with Crippen LogP contribution in [0.5, 0.6) is 5.88 Å². The molecular formula is C28H38N4O2. The number of ether oxygens (including phenoxy) is 1. The van der Waals surface area contributed by atoms with Crippen LogP contribution in [0.2, 0.25) is 0 Å². The molecule has 0 saturated heterocycles. The molecule has 34 heavy (non-hydrogen) atoms. The molecule has 1 aliphatic heterocycles. The Labute approximate surface area is 203 Å². The van der Waals surface area contributed by atoms with Crippen LogP contribution in [0.25, 0.3) is 0 Å². The monoisotopic (exact) mass is 462 g/mol. The molecule has 0 atom stereocenters. The van der Waals surface area contributed by atoms with Crippen molar-refractivity contribution >= 4 is 11.6 Å². The van der Waals surface area contributed by atoms with E-state index >= 15 is 0 Å². The number of hydrogen-bond acceptors (Lipinski definition) is 5. The number of aromatic nitrogens is 1. The highest BCUT2D eigenvalue weighted by molar-refractivity contribution is 5.97. The number of hydrogen-bond donors (Lipinski definition) is 2. The van der Waals surface area contributed by atoms with Crippen LogP contribution >= 0.6 is 0 Å². The smallest absolute Gasteiger partial charge is 0.251 e. The van der Waals surface area contributed by atoms with E-state index in [0.717, 1.165) is 73.9 Å². The predicted molar refractivity (Wildman–Crippen MR) is 138 cm³/mol. The SMILES string of the molecule is CCN(c1cccc2c1C/C=C\CCc1cc(C)nc(OC)c1CNC2=O)C1CCC(N)CC1. The number of carbonyl (C=O) groups excluding carboxylic acids is 1. The van der Waals surface area contributed by atoms with Crippen molar-refractivity contribution in [2.24, 2.45) is 5.73 Å². The summed E-state index contributed by atoms with van der Waals surface area (Å²) < 4.78 is 5.57. The molecule has 0 radical (unpaired) electrons. The number of nitrogens with two attached hydrogens (primary N) is 1. The molecule has 6 nitrogen and oxygen atoms in total. The van der Waals surface area contributed by atoms with E-state index in [1.54, 1.807) is 7.11 Å². The first-order valence-corrected chi connectivity index (χ1v) is 12.6. The zero-order valence-corrected chi connectivity index (χ0v) is 20.8. The standard InChI is InChI=1S/C28H38N4O2/c1-4-32(22-15-13-21(29)14-16-22)26-12-8-11-24-23(26)10-7-5-6-9-20-17-19(2)31-28(34-3)25(20)18-30-27(24)33/h5,7-8,11-12,17,21-22H,4,6,9-10,13-16,18,29H2,1-3H3,(H,30,33)/b7-5-. The van der Waals surface area contributed by atoms with Gasteiger partial charge < -0.3 is 20.7 Å². The van der Waals surface area contributed by atoms with Crippen molar-refractivity contribution in [2.75, 3.05) is 18.6 Å². The molecule has 1 amide bonds. The van der Waals surface area contributed by atoms with Gasteiger partial charge in [0.2, 0.25) is 5.88 Å². The van der Waals surface area contributed by atoms with E-state index < -0.39 is 0 Å². The van der Waals surface area contributed by atoms with E-state index in [1.165, 1.54) is 11.3 Å². The van der Waals surface area contributed by atoms with Gasteiger partial charge >= 0.3 is 0 Å². The maximum Gasteiger partial charge on any atom is 0.251 e. The Hall–Kier alpha value is -2.86. The Morgan fingerprint density at radius 1 is 1.18 bits per heavy atom. The number of nitrogens with zero attached hydrogens (tertiary/aromatic N) is 2. The molecule has 0 bridgehead atoms. The second-order valence-corrected chi connectivity index (χ2v) is 9.47. The normalized spacial score (nSPS) is 21.8. The van der Waals surface area contributed by atoms with Crippen LogP contribution in [0, 0.1) is 6.92 Å². The number of anilines is 1. The molecule has 1 aliphatic carbocycles. The highest BCUT2D eigenvalue weighted by Gasteiger charge is 2.26. The van der Waals surface area contributed by atoms with Crippen LogP contribution < -0.4 is 20.7 Å². The quantitative estimate of drug-likeness (QED) is 0.656. The fourth-order valence-electron chi connectivity index (χ4n) is 5.45. The third kappa shape index (κ3) is 5.27. The Morgan fingerprint density at radius 2 is 1.97 bits per heavy atom. The van der Waals surface area contributed by atoms with Crippen LogP contribution in [-0.2, 0) is 19.4 Å². The number of methoxy groups -OCH3 is 1. The minimum atomic E-state index is -0.0545. The number of rotatable bonds is 4. The molecule has 182 valence electrons. The summed E-state index contributed by atoms with van der Waals surface area (Å²) in [6, 6.07) is 9.03. The first-order valence-electron chi connectivity index (χ1n) is 12.6. The summed E-state index contributed by atoms with van der Waals surface area (Å²) in [4.78, 5) is 20.5. The van der Waals surface area contributed by atoms with E-state index in [4.69, 9.17) is 10.5 Å². The van der Waals surface area contributed by atoms with Gasteiger partial charge in [-0.25, -0.2) is 4.98 Å². The molecule has 2 heterocycles. The van der Waals surface area contributed by atoms with Crippen LogP contribution in [-0.4, -0.2) is 36.6 Å². The number of aryl methyl sites for hydroxylation is 2. The third-order valence-corrected chi connectivity index (χ3v) is 7.22. The van der Waals surface area contributed by atoms with Crippen molar-refractivity contribution in [2.45, 2.75) is 77.4 Å². The Balaban J connectivity index is 1.68. The highest BCUT2D eigenvalue weighted by atomic mass is 16.5. The van der Waals surface area contributed by atoms with E-state index in [1.807, 2.05) is 19.1 Å². The molecule has 0 unspecified atom stereocenters. The Morgan fingerprint density at radius 3 is 2.71 bits per heavy atom. The van der Waals surface area contributed by atoms with Gasteiger partial charge in [0, 0.05) is 47.7 Å². The number of amides is 1. The maximum absolute atomic E-state index is 13.4. The van der Waals surface area contributed by atoms with Gasteiger partial charge in [0.05, 0.1) is 7.11 Å². The fourth-order valence-corrected chi connectivity index (χ4v) is 5.45. The van der Waals surface area contributed by atoms with Crippen LogP contribution in [0.15, 0.2) is 36.4 Å². The number of pyridine rings is 1. The van der Waals surface area contributed by atoms with Crippen molar-refractivity contribution in [1.29, 1.82) is 0 Å². The molecule has 6 heteroatoms. The fraction of sp³-hybridized carbons (Fsp3) is 0.500. The van der Waals surface area contributed by atoms with E-state index in [9.17, 15) is 4.79 Å². The van der Waals surface area contributed by atoms with Crippen molar-refractivity contribution in [3.05, 3.63) is 64.4 Å². The lowest BCUT2D eigenvalue weighted by atomic mass is 9.89. The van der Waals surface area contributed by atoms with Crippen molar-refractivity contribution < 1.29 is 9.53 Å². The first-order chi connectivity index (χ1) is 16.5. The predicted octanol–water partition coefficient (Wildman–Crippen LogP) is 4.47. The average Bonchev–Trinajstić information content (AvgIpc) is 2.84. The summed E-state index contributed by atoms with van der Waals surface area (Å²) in [7, 11) is 1.64. The largest absolute Gasteiger partial charge is 0.481 e. The molecule has 3 N–H and O–H groups in total. The molecule has 4 rings (SSSR count). The number of allylic oxidation sites excluding steroid dienone is 2. The van der Waals surface area contributed by atoms with E-state index in [0.29, 0.717) is 24.5 Å². The van der Waals surface area contributed by atoms with Crippen LogP contribution in [0.1, 0.15) is 71.8 Å². The van der Waals surface area contributed by atoms with Gasteiger partial charge in [-0.05, 0) is 88.1 Å². The first kappa shape index (κ1) is 24.3. The van der Waals surface area contributed by atoms with Gasteiger partial charge in [-0.2, -0.15) is 0 Å². The second-order valence-electron chi connectivity index (χ2n) is 9.47. The molecule has 2 aromatic rings. The van der Waals surface area contributed by atoms with Gasteiger partial charge in [-0.3, -0.25) is 4.79 Å². The topological polar surface area (TPSA) is 80.5 Å². The Bertz CT molecular complexity index is 1040. The second kappa shape index (κ2) is 11.0. The number of fused-ring (bicyclic) bond motifs is 2. The zero-order chi connectivity index (χ0) is 24.1. The van der Waals surface area contributed by atoms with Gasteiger partial charge in [-0.15, -0.1) is 0 Å². The summed E-state index contributed by atoms with van der Waals surface area (Å²) in [5.41, 5.74) is 12.3. The van der Waals surface area contributed by atoms with E-state index in [2.05, 4.69) is 46.4 Å². The molecule has 1 saturated carbocycles. The zero-order valence-electron chi connectivity index (χ0n) is 20.8. The summed E-state index contributed by atoms with van der Waals surface area (Å²) in [6.07, 6.45) is 11.3. The summed E-state index contributed by atoms with van der Waals surface area (Å²) in [6.45, 7) is 5.50. The molecule has 1 aromatic carbocycles.